The second-order valence-corrected chi connectivity index (χ2v) is 10.9. The molecule has 1 aliphatic rings. The van der Waals surface area contributed by atoms with E-state index in [0.29, 0.717) is 17.5 Å². The Balaban J connectivity index is 1.22. The topological polar surface area (TPSA) is 61.8 Å². The van der Waals surface area contributed by atoms with Crippen LogP contribution in [0.15, 0.2) is 115 Å². The van der Waals surface area contributed by atoms with E-state index in [-0.39, 0.29) is 12.7 Å². The predicted octanol–water partition coefficient (Wildman–Crippen LogP) is 8.04. The number of fused-ring (bicyclic) bond motifs is 1. The van der Waals surface area contributed by atoms with E-state index in [2.05, 4.69) is 42.5 Å². The lowest BCUT2D eigenvalue weighted by Crippen LogP contribution is -2.32. The summed E-state index contributed by atoms with van der Waals surface area (Å²) in [4.78, 5) is 25.8. The van der Waals surface area contributed by atoms with Crippen LogP contribution in [0.3, 0.4) is 0 Å². The smallest absolute Gasteiger partial charge is 0.338 e. The third kappa shape index (κ3) is 6.12. The van der Waals surface area contributed by atoms with Gasteiger partial charge in [-0.1, -0.05) is 90.0 Å². The van der Waals surface area contributed by atoms with Crippen LogP contribution in [0.5, 0.6) is 0 Å². The SMILES string of the molecule is Cc1ccc(C(=O)OC[C@H]2O[C@@H](c3cccc(-c4ccc5ccccc5c4)c3)C[C@@H]2OC(=O)c2ccc(C)cc2)cc1. The van der Waals surface area contributed by atoms with E-state index in [1.165, 1.54) is 10.8 Å². The molecule has 0 spiro atoms. The van der Waals surface area contributed by atoms with Crippen molar-refractivity contribution in [1.82, 2.24) is 0 Å². The van der Waals surface area contributed by atoms with E-state index < -0.39 is 24.1 Å². The molecule has 0 saturated carbocycles. The Hall–Kier alpha value is -4.74. The molecule has 0 aliphatic carbocycles. The highest BCUT2D eigenvalue weighted by atomic mass is 16.6. The first-order valence-corrected chi connectivity index (χ1v) is 14.2. The van der Waals surface area contributed by atoms with Gasteiger partial charge in [0.15, 0.2) is 0 Å². The molecule has 0 N–H and O–H groups in total. The van der Waals surface area contributed by atoms with Crippen LogP contribution in [-0.2, 0) is 14.2 Å². The van der Waals surface area contributed by atoms with Crippen LogP contribution in [-0.4, -0.2) is 30.8 Å². The first-order valence-electron chi connectivity index (χ1n) is 14.2. The number of carbonyl (C=O) groups is 2. The zero-order chi connectivity index (χ0) is 29.1. The van der Waals surface area contributed by atoms with Crippen LogP contribution in [0, 0.1) is 13.8 Å². The van der Waals surface area contributed by atoms with E-state index in [1.807, 2.05) is 62.4 Å². The van der Waals surface area contributed by atoms with Crippen molar-refractivity contribution in [3.05, 3.63) is 143 Å². The quantitative estimate of drug-likeness (QED) is 0.190. The minimum atomic E-state index is -0.608. The highest BCUT2D eigenvalue weighted by Gasteiger charge is 2.40. The van der Waals surface area contributed by atoms with Crippen LogP contribution in [0.4, 0.5) is 0 Å². The Morgan fingerprint density at radius 1 is 0.690 bits per heavy atom. The van der Waals surface area contributed by atoms with Crippen molar-refractivity contribution >= 4 is 22.7 Å². The standard InChI is InChI=1S/C37H32O5/c1-24-10-14-27(15-11-24)36(38)40-23-35-34(42-37(39)28-16-12-25(2)13-17-28)22-33(41-35)32-9-5-8-30(21-32)31-19-18-26-6-3-4-7-29(26)20-31/h3-21,33-35H,22-23H2,1-2H3/t33-,34+,35-/m1/s1. The van der Waals surface area contributed by atoms with Crippen LogP contribution in [0.25, 0.3) is 21.9 Å². The summed E-state index contributed by atoms with van der Waals surface area (Å²) in [5.41, 5.74) is 6.21. The number of esters is 2. The summed E-state index contributed by atoms with van der Waals surface area (Å²) >= 11 is 0. The zero-order valence-electron chi connectivity index (χ0n) is 23.7. The number of rotatable bonds is 7. The Kier molecular flexibility index (Phi) is 7.85. The monoisotopic (exact) mass is 556 g/mol. The molecular formula is C37H32O5. The maximum Gasteiger partial charge on any atom is 0.338 e. The molecule has 1 fully saturated rings. The van der Waals surface area contributed by atoms with Crippen molar-refractivity contribution in [2.45, 2.75) is 38.6 Å². The molecule has 0 bridgehead atoms. The van der Waals surface area contributed by atoms with Crippen molar-refractivity contribution in [1.29, 1.82) is 0 Å². The maximum absolute atomic E-state index is 13.1. The third-order valence-corrected chi connectivity index (χ3v) is 7.75. The molecule has 1 heterocycles. The molecule has 1 aliphatic heterocycles. The molecule has 5 heteroatoms. The Morgan fingerprint density at radius 3 is 2.05 bits per heavy atom. The van der Waals surface area contributed by atoms with Gasteiger partial charge >= 0.3 is 11.9 Å². The molecule has 6 rings (SSSR count). The molecule has 5 aromatic rings. The number of hydrogen-bond donors (Lipinski definition) is 0. The Morgan fingerprint density at radius 2 is 1.33 bits per heavy atom. The van der Waals surface area contributed by atoms with Gasteiger partial charge in [0.1, 0.15) is 18.8 Å². The van der Waals surface area contributed by atoms with Crippen molar-refractivity contribution in [3.63, 3.8) is 0 Å². The van der Waals surface area contributed by atoms with Gasteiger partial charge in [-0.25, -0.2) is 9.59 Å². The first-order chi connectivity index (χ1) is 20.4. The highest BCUT2D eigenvalue weighted by molar-refractivity contribution is 5.90. The summed E-state index contributed by atoms with van der Waals surface area (Å²) in [6, 6.07) is 37.4. The summed E-state index contributed by atoms with van der Waals surface area (Å²) < 4.78 is 18.0. The summed E-state index contributed by atoms with van der Waals surface area (Å²) in [6.07, 6.45) is -1.07. The van der Waals surface area contributed by atoms with Gasteiger partial charge in [-0.2, -0.15) is 0 Å². The van der Waals surface area contributed by atoms with E-state index >= 15 is 0 Å². The van der Waals surface area contributed by atoms with Gasteiger partial charge in [-0.05, 0) is 77.7 Å². The summed E-state index contributed by atoms with van der Waals surface area (Å²) in [7, 11) is 0. The van der Waals surface area contributed by atoms with Gasteiger partial charge < -0.3 is 14.2 Å². The van der Waals surface area contributed by atoms with Crippen LogP contribution < -0.4 is 0 Å². The fourth-order valence-electron chi connectivity index (χ4n) is 5.32. The molecular weight excluding hydrogens is 524 g/mol. The second kappa shape index (κ2) is 12.0. The number of hydrogen-bond acceptors (Lipinski definition) is 5. The zero-order valence-corrected chi connectivity index (χ0v) is 23.7. The fraction of sp³-hybridized carbons (Fsp3) is 0.189. The molecule has 5 nitrogen and oxygen atoms in total. The molecule has 210 valence electrons. The van der Waals surface area contributed by atoms with Gasteiger partial charge in [0, 0.05) is 6.42 Å². The average molecular weight is 557 g/mol. The van der Waals surface area contributed by atoms with Gasteiger partial charge in [0.05, 0.1) is 17.2 Å². The fourth-order valence-corrected chi connectivity index (χ4v) is 5.32. The van der Waals surface area contributed by atoms with Gasteiger partial charge in [0.2, 0.25) is 0 Å². The average Bonchev–Trinajstić information content (AvgIpc) is 3.42. The number of benzene rings is 5. The molecule has 42 heavy (non-hydrogen) atoms. The van der Waals surface area contributed by atoms with E-state index in [4.69, 9.17) is 14.2 Å². The van der Waals surface area contributed by atoms with E-state index in [1.54, 1.807) is 24.3 Å². The normalized spacial score (nSPS) is 18.1. The molecule has 5 aromatic carbocycles. The highest BCUT2D eigenvalue weighted by Crippen LogP contribution is 2.37. The number of ether oxygens (including phenoxy) is 3. The van der Waals surface area contributed by atoms with Crippen LogP contribution in [0.2, 0.25) is 0 Å². The number of carbonyl (C=O) groups excluding carboxylic acids is 2. The molecule has 0 amide bonds. The summed E-state index contributed by atoms with van der Waals surface area (Å²) in [5.74, 6) is -0.868. The minimum absolute atomic E-state index is 0.0284. The van der Waals surface area contributed by atoms with Gasteiger partial charge in [-0.15, -0.1) is 0 Å². The lowest BCUT2D eigenvalue weighted by molar-refractivity contribution is -0.0427. The molecule has 0 radical (unpaired) electrons. The Labute approximate surface area is 245 Å². The van der Waals surface area contributed by atoms with E-state index in [0.717, 1.165) is 27.8 Å². The maximum atomic E-state index is 13.1. The lowest BCUT2D eigenvalue weighted by atomic mass is 9.97. The number of aryl methyl sites for hydroxylation is 2. The second-order valence-electron chi connectivity index (χ2n) is 10.9. The van der Waals surface area contributed by atoms with Crippen LogP contribution in [0.1, 0.15) is 49.9 Å². The van der Waals surface area contributed by atoms with Crippen LogP contribution >= 0.6 is 0 Å². The van der Waals surface area contributed by atoms with Crippen molar-refractivity contribution < 1.29 is 23.8 Å². The largest absolute Gasteiger partial charge is 0.459 e. The molecule has 3 atom stereocenters. The molecule has 0 unspecified atom stereocenters. The Bertz CT molecular complexity index is 1720. The molecule has 1 saturated heterocycles. The first kappa shape index (κ1) is 27.4. The van der Waals surface area contributed by atoms with Crippen molar-refractivity contribution in [2.24, 2.45) is 0 Å². The van der Waals surface area contributed by atoms with Gasteiger partial charge in [0.25, 0.3) is 0 Å². The van der Waals surface area contributed by atoms with Crippen molar-refractivity contribution in [3.8, 4) is 11.1 Å². The minimum Gasteiger partial charge on any atom is -0.459 e. The van der Waals surface area contributed by atoms with Gasteiger partial charge in [-0.3, -0.25) is 0 Å². The predicted molar refractivity (Wildman–Crippen MR) is 163 cm³/mol. The summed E-state index contributed by atoms with van der Waals surface area (Å²) in [6.45, 7) is 3.90. The van der Waals surface area contributed by atoms with E-state index in [9.17, 15) is 9.59 Å². The van der Waals surface area contributed by atoms with Crippen molar-refractivity contribution in [2.75, 3.05) is 6.61 Å². The molecule has 0 aromatic heterocycles. The summed E-state index contributed by atoms with van der Waals surface area (Å²) in [5, 5.41) is 2.37. The third-order valence-electron chi connectivity index (χ3n) is 7.75. The lowest BCUT2D eigenvalue weighted by Gasteiger charge is -2.19.